The summed E-state index contributed by atoms with van der Waals surface area (Å²) in [6, 6.07) is 6.01. The van der Waals surface area contributed by atoms with Gasteiger partial charge in [-0.15, -0.1) is 0 Å². The third kappa shape index (κ3) is 3.14. The fourth-order valence-corrected chi connectivity index (χ4v) is 1.79. The molecule has 2 N–H and O–H groups in total. The zero-order chi connectivity index (χ0) is 13.8. The number of hydrogen-bond acceptors (Lipinski definition) is 4. The van der Waals surface area contributed by atoms with Gasteiger partial charge in [0, 0.05) is 4.47 Å². The Hall–Kier alpha value is -2.28. The number of anilines is 1. The van der Waals surface area contributed by atoms with Crippen molar-refractivity contribution in [3.63, 3.8) is 0 Å². The van der Waals surface area contributed by atoms with Gasteiger partial charge >= 0.3 is 5.97 Å². The van der Waals surface area contributed by atoms with Gasteiger partial charge in [0.05, 0.1) is 29.2 Å². The monoisotopic (exact) mass is 321 g/mol. The quantitative estimate of drug-likeness (QED) is 0.904. The molecule has 0 saturated carbocycles. The Kier molecular flexibility index (Phi) is 3.86. The van der Waals surface area contributed by atoms with Crippen molar-refractivity contribution in [3.05, 3.63) is 52.3 Å². The number of nitrogens with one attached hydrogen (secondary N) is 1. The van der Waals surface area contributed by atoms with Gasteiger partial charge in [0.1, 0.15) is 0 Å². The molecule has 0 aliphatic carbocycles. The first-order valence-corrected chi connectivity index (χ1v) is 5.98. The maximum atomic E-state index is 11.9. The molecule has 1 aromatic carbocycles. The van der Waals surface area contributed by atoms with E-state index in [1.807, 2.05) is 0 Å². The maximum Gasteiger partial charge on any atom is 0.337 e. The molecule has 6 nitrogen and oxygen atoms in total. The summed E-state index contributed by atoms with van der Waals surface area (Å²) >= 11 is 3.23. The molecule has 0 bridgehead atoms. The number of hydrogen-bond donors (Lipinski definition) is 2. The zero-order valence-electron chi connectivity index (χ0n) is 9.50. The molecule has 0 fully saturated rings. The van der Waals surface area contributed by atoms with E-state index >= 15 is 0 Å². The maximum absolute atomic E-state index is 11.9. The molecule has 0 unspecified atom stereocenters. The Bertz CT molecular complexity index is 631. The number of amides is 1. The van der Waals surface area contributed by atoms with E-state index in [-0.39, 0.29) is 11.3 Å². The van der Waals surface area contributed by atoms with Crippen LogP contribution in [0.3, 0.4) is 0 Å². The first-order chi connectivity index (χ1) is 9.08. The van der Waals surface area contributed by atoms with Gasteiger partial charge in [-0.1, -0.05) is 15.9 Å². The smallest absolute Gasteiger partial charge is 0.337 e. The van der Waals surface area contributed by atoms with E-state index < -0.39 is 11.9 Å². The predicted molar refractivity (Wildman–Crippen MR) is 71.1 cm³/mol. The molecule has 2 rings (SSSR count). The van der Waals surface area contributed by atoms with Gasteiger partial charge in [-0.05, 0) is 24.3 Å². The summed E-state index contributed by atoms with van der Waals surface area (Å²) in [5, 5.41) is 18.7. The number of benzene rings is 1. The molecule has 0 atom stereocenters. The number of nitrogens with zero attached hydrogens (tertiary/aromatic N) is 2. The lowest BCUT2D eigenvalue weighted by Crippen LogP contribution is -2.15. The molecule has 0 saturated heterocycles. The van der Waals surface area contributed by atoms with Crippen LogP contribution >= 0.6 is 15.9 Å². The van der Waals surface area contributed by atoms with Crippen LogP contribution in [0.15, 0.2) is 41.1 Å². The van der Waals surface area contributed by atoms with Crippen molar-refractivity contribution in [2.24, 2.45) is 0 Å². The second-order valence-corrected chi connectivity index (χ2v) is 4.50. The normalized spacial score (nSPS) is 9.95. The second-order valence-electron chi connectivity index (χ2n) is 3.58. The SMILES string of the molecule is O=C(Nc1cc(Br)ccc1C(=O)O)c1ccnnc1. The van der Waals surface area contributed by atoms with Crippen LogP contribution in [-0.4, -0.2) is 27.2 Å². The fraction of sp³-hybridized carbons (Fsp3) is 0. The predicted octanol–water partition coefficient (Wildman–Crippen LogP) is 2.19. The minimum atomic E-state index is -1.12. The number of halogens is 1. The van der Waals surface area contributed by atoms with Crippen LogP contribution in [0, 0.1) is 0 Å². The average molecular weight is 322 g/mol. The Labute approximate surface area is 116 Å². The zero-order valence-corrected chi connectivity index (χ0v) is 11.1. The van der Waals surface area contributed by atoms with Gasteiger partial charge in [0.15, 0.2) is 0 Å². The molecule has 0 aliphatic rings. The summed E-state index contributed by atoms with van der Waals surface area (Å²) in [6.45, 7) is 0. The van der Waals surface area contributed by atoms with E-state index in [4.69, 9.17) is 5.11 Å². The lowest BCUT2D eigenvalue weighted by atomic mass is 10.1. The van der Waals surface area contributed by atoms with Crippen LogP contribution in [0.1, 0.15) is 20.7 Å². The van der Waals surface area contributed by atoms with Crippen molar-refractivity contribution >= 4 is 33.5 Å². The number of rotatable bonds is 3. The van der Waals surface area contributed by atoms with Crippen LogP contribution < -0.4 is 5.32 Å². The van der Waals surface area contributed by atoms with Crippen molar-refractivity contribution in [1.29, 1.82) is 0 Å². The highest BCUT2D eigenvalue weighted by Gasteiger charge is 2.14. The average Bonchev–Trinajstić information content (AvgIpc) is 2.39. The van der Waals surface area contributed by atoms with Gasteiger partial charge in [-0.3, -0.25) is 4.79 Å². The first kappa shape index (κ1) is 13.2. The first-order valence-electron chi connectivity index (χ1n) is 5.19. The molecule has 1 aromatic heterocycles. The summed E-state index contributed by atoms with van der Waals surface area (Å²) in [5.41, 5.74) is 0.522. The molecule has 19 heavy (non-hydrogen) atoms. The lowest BCUT2D eigenvalue weighted by molar-refractivity contribution is 0.0698. The van der Waals surface area contributed by atoms with E-state index in [1.165, 1.54) is 30.6 Å². The number of aromatic nitrogens is 2. The van der Waals surface area contributed by atoms with Crippen molar-refractivity contribution < 1.29 is 14.7 Å². The van der Waals surface area contributed by atoms with E-state index in [9.17, 15) is 9.59 Å². The third-order valence-corrected chi connectivity index (χ3v) is 2.80. The fourth-order valence-electron chi connectivity index (χ4n) is 1.43. The Morgan fingerprint density at radius 1 is 1.21 bits per heavy atom. The lowest BCUT2D eigenvalue weighted by Gasteiger charge is -2.08. The van der Waals surface area contributed by atoms with Gasteiger partial charge in [-0.25, -0.2) is 4.79 Å². The molecule has 1 heterocycles. The molecular formula is C12H8BrN3O3. The molecular weight excluding hydrogens is 314 g/mol. The van der Waals surface area contributed by atoms with Gasteiger partial charge in [-0.2, -0.15) is 10.2 Å². The number of aromatic carboxylic acids is 1. The molecule has 0 spiro atoms. The van der Waals surface area contributed by atoms with E-state index in [0.29, 0.717) is 10.0 Å². The molecule has 2 aromatic rings. The van der Waals surface area contributed by atoms with Crippen molar-refractivity contribution in [2.45, 2.75) is 0 Å². The summed E-state index contributed by atoms with van der Waals surface area (Å²) in [5.74, 6) is -1.56. The Balaban J connectivity index is 2.31. The molecule has 1 amide bonds. The summed E-state index contributed by atoms with van der Waals surface area (Å²) < 4.78 is 0.667. The van der Waals surface area contributed by atoms with Crippen molar-refractivity contribution in [1.82, 2.24) is 10.2 Å². The van der Waals surface area contributed by atoms with Gasteiger partial charge in [0.2, 0.25) is 0 Å². The summed E-state index contributed by atoms with van der Waals surface area (Å²) in [6.07, 6.45) is 2.68. The number of carboxylic acid groups (broad SMARTS) is 1. The van der Waals surface area contributed by atoms with Gasteiger partial charge in [0.25, 0.3) is 5.91 Å². The van der Waals surface area contributed by atoms with Crippen LogP contribution in [-0.2, 0) is 0 Å². The van der Waals surface area contributed by atoms with E-state index in [1.54, 1.807) is 6.07 Å². The van der Waals surface area contributed by atoms with Crippen LogP contribution in [0.4, 0.5) is 5.69 Å². The highest BCUT2D eigenvalue weighted by atomic mass is 79.9. The second kappa shape index (κ2) is 5.57. The van der Waals surface area contributed by atoms with Crippen LogP contribution in [0.2, 0.25) is 0 Å². The van der Waals surface area contributed by atoms with Crippen molar-refractivity contribution in [2.75, 3.05) is 5.32 Å². The third-order valence-electron chi connectivity index (χ3n) is 2.31. The van der Waals surface area contributed by atoms with Gasteiger partial charge < -0.3 is 10.4 Å². The Morgan fingerprint density at radius 2 is 2.00 bits per heavy atom. The minimum absolute atomic E-state index is 0.0126. The molecule has 96 valence electrons. The minimum Gasteiger partial charge on any atom is -0.478 e. The summed E-state index contributed by atoms with van der Waals surface area (Å²) in [4.78, 5) is 23.0. The van der Waals surface area contributed by atoms with E-state index in [0.717, 1.165) is 0 Å². The van der Waals surface area contributed by atoms with Crippen LogP contribution in [0.25, 0.3) is 0 Å². The van der Waals surface area contributed by atoms with Crippen LogP contribution in [0.5, 0.6) is 0 Å². The number of carbonyl (C=O) groups is 2. The Morgan fingerprint density at radius 3 is 2.63 bits per heavy atom. The van der Waals surface area contributed by atoms with Crippen molar-refractivity contribution in [3.8, 4) is 0 Å². The topological polar surface area (TPSA) is 92.2 Å². The highest BCUT2D eigenvalue weighted by Crippen LogP contribution is 2.22. The largest absolute Gasteiger partial charge is 0.478 e. The van der Waals surface area contributed by atoms with E-state index in [2.05, 4.69) is 31.4 Å². The molecule has 7 heteroatoms. The number of carbonyl (C=O) groups excluding carboxylic acids is 1. The molecule has 0 radical (unpaired) electrons. The highest BCUT2D eigenvalue weighted by molar-refractivity contribution is 9.10. The molecule has 0 aliphatic heterocycles. The standard InChI is InChI=1S/C12H8BrN3O3/c13-8-1-2-9(12(18)19)10(5-8)16-11(17)7-3-4-14-15-6-7/h1-6H,(H,16,17)(H,18,19). The number of carboxylic acids is 1. The summed E-state index contributed by atoms with van der Waals surface area (Å²) in [7, 11) is 0.